The standard InChI is InChI=1S/C57H37N5/c1-4-18-38(19-5-1)41-32-34-48-49-35-33-42(39-20-6-2-7-21-39)37-54(49)62(53(48)36-41)57-59-55(58-56(60-57)61-51-30-16-14-27-46(51)47-28-15-17-31-52(47)61)50-29-13-12-26-45(50)44-25-11-10-24-43(44)40-22-8-3-9-23-40/h1-37H. The molecule has 0 radical (unpaired) electrons. The zero-order valence-electron chi connectivity index (χ0n) is 33.6. The Labute approximate surface area is 358 Å². The van der Waals surface area contributed by atoms with Crippen molar-refractivity contribution in [2.24, 2.45) is 0 Å². The summed E-state index contributed by atoms with van der Waals surface area (Å²) in [4.78, 5) is 16.5. The number of hydrogen-bond acceptors (Lipinski definition) is 3. The first-order valence-electron chi connectivity index (χ1n) is 21.0. The minimum atomic E-state index is 0.536. The number of rotatable bonds is 7. The van der Waals surface area contributed by atoms with E-state index in [0.29, 0.717) is 17.7 Å². The van der Waals surface area contributed by atoms with E-state index >= 15 is 0 Å². The van der Waals surface area contributed by atoms with Crippen LogP contribution >= 0.6 is 0 Å². The molecule has 9 aromatic carbocycles. The van der Waals surface area contributed by atoms with Gasteiger partial charge in [0.05, 0.1) is 22.1 Å². The van der Waals surface area contributed by atoms with Gasteiger partial charge in [0.15, 0.2) is 5.82 Å². The van der Waals surface area contributed by atoms with E-state index in [1.807, 2.05) is 0 Å². The topological polar surface area (TPSA) is 48.5 Å². The van der Waals surface area contributed by atoms with Crippen molar-refractivity contribution in [3.05, 3.63) is 224 Å². The monoisotopic (exact) mass is 791 g/mol. The molecule has 290 valence electrons. The Hall–Kier alpha value is -8.41. The summed E-state index contributed by atoms with van der Waals surface area (Å²) in [7, 11) is 0. The Morgan fingerprint density at radius 2 is 0.613 bits per heavy atom. The molecule has 0 fully saturated rings. The molecule has 0 aliphatic carbocycles. The van der Waals surface area contributed by atoms with Crippen LogP contribution in [-0.4, -0.2) is 24.1 Å². The maximum absolute atomic E-state index is 5.54. The van der Waals surface area contributed by atoms with E-state index in [2.05, 4.69) is 234 Å². The van der Waals surface area contributed by atoms with Gasteiger partial charge in [0.1, 0.15) is 0 Å². The Morgan fingerprint density at radius 1 is 0.242 bits per heavy atom. The smallest absolute Gasteiger partial charge is 0.240 e. The van der Waals surface area contributed by atoms with Crippen molar-refractivity contribution >= 4 is 43.6 Å². The molecule has 12 aromatic rings. The van der Waals surface area contributed by atoms with Gasteiger partial charge in [-0.3, -0.25) is 9.13 Å². The molecule has 5 nitrogen and oxygen atoms in total. The molecule has 3 aromatic heterocycles. The largest absolute Gasteiger partial charge is 0.278 e. The quantitative estimate of drug-likeness (QED) is 0.162. The number of benzene rings is 9. The molecule has 3 heterocycles. The molecule has 0 saturated carbocycles. The minimum Gasteiger partial charge on any atom is -0.278 e. The third kappa shape index (κ3) is 5.90. The molecule has 0 atom stereocenters. The van der Waals surface area contributed by atoms with Gasteiger partial charge in [-0.15, -0.1) is 0 Å². The highest BCUT2D eigenvalue weighted by Gasteiger charge is 2.23. The number of hydrogen-bond donors (Lipinski definition) is 0. The summed E-state index contributed by atoms with van der Waals surface area (Å²) in [5.74, 6) is 1.66. The lowest BCUT2D eigenvalue weighted by Gasteiger charge is -2.16. The highest BCUT2D eigenvalue weighted by atomic mass is 15.3. The van der Waals surface area contributed by atoms with E-state index in [-0.39, 0.29) is 0 Å². The van der Waals surface area contributed by atoms with Gasteiger partial charge in [-0.2, -0.15) is 15.0 Å². The normalized spacial score (nSPS) is 11.5. The third-order valence-corrected chi connectivity index (χ3v) is 12.0. The lowest BCUT2D eigenvalue weighted by Crippen LogP contribution is -2.10. The zero-order chi connectivity index (χ0) is 41.0. The lowest BCUT2D eigenvalue weighted by atomic mass is 9.91. The first-order valence-corrected chi connectivity index (χ1v) is 21.0. The van der Waals surface area contributed by atoms with Gasteiger partial charge in [-0.05, 0) is 68.8 Å². The van der Waals surface area contributed by atoms with Crippen LogP contribution in [0.25, 0.3) is 111 Å². The predicted octanol–water partition coefficient (Wildman–Crippen LogP) is 14.4. The first kappa shape index (κ1) is 35.5. The second-order valence-electron chi connectivity index (χ2n) is 15.6. The van der Waals surface area contributed by atoms with E-state index in [4.69, 9.17) is 15.0 Å². The summed E-state index contributed by atoms with van der Waals surface area (Å²) >= 11 is 0. The van der Waals surface area contributed by atoms with Gasteiger partial charge in [0.25, 0.3) is 0 Å². The number of fused-ring (bicyclic) bond motifs is 6. The average Bonchev–Trinajstić information content (AvgIpc) is 3.87. The van der Waals surface area contributed by atoms with Crippen molar-refractivity contribution in [1.82, 2.24) is 24.1 Å². The van der Waals surface area contributed by atoms with Gasteiger partial charge < -0.3 is 0 Å². The van der Waals surface area contributed by atoms with Gasteiger partial charge in [0.2, 0.25) is 11.9 Å². The molecular formula is C57H37N5. The summed E-state index contributed by atoms with van der Waals surface area (Å²) in [5.41, 5.74) is 13.9. The van der Waals surface area contributed by atoms with Crippen molar-refractivity contribution in [3.8, 4) is 67.8 Å². The maximum atomic E-state index is 5.54. The third-order valence-electron chi connectivity index (χ3n) is 12.0. The summed E-state index contributed by atoms with van der Waals surface area (Å²) in [6, 6.07) is 79.2. The molecule has 0 aliphatic rings. The zero-order valence-corrected chi connectivity index (χ0v) is 33.6. The number of para-hydroxylation sites is 2. The van der Waals surface area contributed by atoms with Crippen molar-refractivity contribution in [2.45, 2.75) is 0 Å². The molecule has 12 rings (SSSR count). The molecule has 0 bridgehead atoms. The van der Waals surface area contributed by atoms with E-state index in [1.54, 1.807) is 0 Å². The molecule has 0 saturated heterocycles. The van der Waals surface area contributed by atoms with Crippen LogP contribution in [0.2, 0.25) is 0 Å². The van der Waals surface area contributed by atoms with Crippen LogP contribution < -0.4 is 0 Å². The van der Waals surface area contributed by atoms with Gasteiger partial charge in [0, 0.05) is 27.1 Å². The molecule has 0 aliphatic heterocycles. The highest BCUT2D eigenvalue weighted by molar-refractivity contribution is 6.11. The van der Waals surface area contributed by atoms with Crippen molar-refractivity contribution in [3.63, 3.8) is 0 Å². The van der Waals surface area contributed by atoms with Crippen LogP contribution in [0, 0.1) is 0 Å². The van der Waals surface area contributed by atoms with Crippen molar-refractivity contribution in [1.29, 1.82) is 0 Å². The fraction of sp³-hybridized carbons (Fsp3) is 0. The van der Waals surface area contributed by atoms with Crippen LogP contribution in [0.5, 0.6) is 0 Å². The lowest BCUT2D eigenvalue weighted by molar-refractivity contribution is 0.893. The fourth-order valence-corrected chi connectivity index (χ4v) is 9.17. The van der Waals surface area contributed by atoms with Crippen molar-refractivity contribution in [2.75, 3.05) is 0 Å². The summed E-state index contributed by atoms with van der Waals surface area (Å²) in [6.07, 6.45) is 0. The van der Waals surface area contributed by atoms with Crippen molar-refractivity contribution < 1.29 is 0 Å². The Kier molecular flexibility index (Phi) is 8.42. The van der Waals surface area contributed by atoms with E-state index < -0.39 is 0 Å². The molecule has 0 amide bonds. The Balaban J connectivity index is 1.19. The number of aromatic nitrogens is 5. The van der Waals surface area contributed by atoms with Gasteiger partial charge in [-0.1, -0.05) is 200 Å². The Morgan fingerprint density at radius 3 is 1.13 bits per heavy atom. The number of nitrogens with zero attached hydrogens (tertiary/aromatic N) is 5. The Bertz CT molecular complexity index is 3470. The first-order chi connectivity index (χ1) is 30.8. The van der Waals surface area contributed by atoms with Crippen LogP contribution in [0.15, 0.2) is 224 Å². The predicted molar refractivity (Wildman–Crippen MR) is 256 cm³/mol. The second-order valence-corrected chi connectivity index (χ2v) is 15.6. The molecule has 0 N–H and O–H groups in total. The van der Waals surface area contributed by atoms with Gasteiger partial charge >= 0.3 is 0 Å². The van der Waals surface area contributed by atoms with E-state index in [0.717, 1.165) is 93.7 Å². The van der Waals surface area contributed by atoms with Crippen LogP contribution in [0.1, 0.15) is 0 Å². The summed E-state index contributed by atoms with van der Waals surface area (Å²) in [5, 5.41) is 4.52. The van der Waals surface area contributed by atoms with E-state index in [1.165, 1.54) is 0 Å². The SMILES string of the molecule is c1ccc(-c2ccc3c4ccc(-c5ccccc5)cc4n(-c4nc(-c5ccccc5-c5ccccc5-c5ccccc5)nc(-n5c6ccccc6c6ccccc65)n4)c3c2)cc1. The van der Waals surface area contributed by atoms with Gasteiger partial charge in [-0.25, -0.2) is 0 Å². The van der Waals surface area contributed by atoms with E-state index in [9.17, 15) is 0 Å². The van der Waals surface area contributed by atoms with Crippen LogP contribution in [0.3, 0.4) is 0 Å². The molecule has 0 spiro atoms. The average molecular weight is 792 g/mol. The fourth-order valence-electron chi connectivity index (χ4n) is 9.17. The molecule has 62 heavy (non-hydrogen) atoms. The maximum Gasteiger partial charge on any atom is 0.240 e. The highest BCUT2D eigenvalue weighted by Crippen LogP contribution is 2.40. The summed E-state index contributed by atoms with van der Waals surface area (Å²) < 4.78 is 4.44. The molecule has 5 heteroatoms. The summed E-state index contributed by atoms with van der Waals surface area (Å²) in [6.45, 7) is 0. The van der Waals surface area contributed by atoms with Crippen LogP contribution in [0.4, 0.5) is 0 Å². The molecule has 0 unspecified atom stereocenters. The van der Waals surface area contributed by atoms with Crippen LogP contribution in [-0.2, 0) is 0 Å². The minimum absolute atomic E-state index is 0.536. The molecular weight excluding hydrogens is 755 g/mol. The second kappa shape index (κ2) is 14.7.